The van der Waals surface area contributed by atoms with E-state index in [4.69, 9.17) is 0 Å². The Hall–Kier alpha value is -2.48. The molecule has 0 saturated heterocycles. The second-order valence-corrected chi connectivity index (χ2v) is 4.94. The molecule has 0 amide bonds. The molecule has 0 heterocycles. The SMILES string of the molecule is C=C\C=C/C(C)=N/C(C)=C/C(=C)C(=C)/C=C(/N=C)C(C)C=C. The van der Waals surface area contributed by atoms with Gasteiger partial charge in [0.25, 0.3) is 0 Å². The van der Waals surface area contributed by atoms with Crippen LogP contribution in [0.25, 0.3) is 0 Å². The molecule has 0 fully saturated rings. The molecule has 0 N–H and O–H groups in total. The molecule has 1 unspecified atom stereocenters. The molecular weight excluding hydrogens is 268 g/mol. The van der Waals surface area contributed by atoms with E-state index < -0.39 is 0 Å². The fraction of sp³-hybridized carbons (Fsp3) is 0.200. The maximum absolute atomic E-state index is 4.46. The summed E-state index contributed by atoms with van der Waals surface area (Å²) in [6, 6.07) is 0. The first-order valence-corrected chi connectivity index (χ1v) is 7.07. The van der Waals surface area contributed by atoms with Crippen LogP contribution in [0.4, 0.5) is 0 Å². The lowest BCUT2D eigenvalue weighted by Crippen LogP contribution is -1.94. The molecule has 0 spiro atoms. The van der Waals surface area contributed by atoms with Crippen molar-refractivity contribution in [1.29, 1.82) is 0 Å². The predicted octanol–water partition coefficient (Wildman–Crippen LogP) is 5.61. The van der Waals surface area contributed by atoms with Crippen molar-refractivity contribution in [3.05, 3.63) is 85.3 Å². The Morgan fingerprint density at radius 3 is 2.14 bits per heavy atom. The minimum atomic E-state index is 0.122. The van der Waals surface area contributed by atoms with Crippen LogP contribution < -0.4 is 0 Å². The van der Waals surface area contributed by atoms with Gasteiger partial charge in [0.05, 0.1) is 0 Å². The van der Waals surface area contributed by atoms with Crippen molar-refractivity contribution >= 4 is 12.4 Å². The Balaban J connectivity index is 5.15. The highest BCUT2D eigenvalue weighted by molar-refractivity contribution is 5.93. The lowest BCUT2D eigenvalue weighted by atomic mass is 10.0. The molecule has 2 nitrogen and oxygen atoms in total. The molecule has 2 heteroatoms. The van der Waals surface area contributed by atoms with Crippen molar-refractivity contribution in [1.82, 2.24) is 0 Å². The van der Waals surface area contributed by atoms with Gasteiger partial charge in [0.2, 0.25) is 0 Å². The number of hydrogen-bond donors (Lipinski definition) is 0. The van der Waals surface area contributed by atoms with Crippen LogP contribution in [0.1, 0.15) is 20.8 Å². The summed E-state index contributed by atoms with van der Waals surface area (Å²) < 4.78 is 0. The fourth-order valence-corrected chi connectivity index (χ4v) is 1.61. The monoisotopic (exact) mass is 294 g/mol. The minimum Gasteiger partial charge on any atom is -0.268 e. The number of aliphatic imine (C=N–C) groups is 2. The zero-order valence-corrected chi connectivity index (χ0v) is 14.0. The summed E-state index contributed by atoms with van der Waals surface area (Å²) in [4.78, 5) is 8.47. The molecule has 0 aromatic carbocycles. The zero-order chi connectivity index (χ0) is 17.1. The quantitative estimate of drug-likeness (QED) is 0.300. The Kier molecular flexibility index (Phi) is 9.12. The third kappa shape index (κ3) is 7.34. The predicted molar refractivity (Wildman–Crippen MR) is 101 cm³/mol. The number of allylic oxidation sites excluding steroid dienone is 9. The third-order valence-electron chi connectivity index (χ3n) is 2.95. The van der Waals surface area contributed by atoms with Gasteiger partial charge in [0, 0.05) is 23.0 Å². The molecule has 0 aliphatic carbocycles. The average molecular weight is 294 g/mol. The molecule has 1 atom stereocenters. The maximum atomic E-state index is 4.46. The highest BCUT2D eigenvalue weighted by atomic mass is 14.7. The van der Waals surface area contributed by atoms with Crippen molar-refractivity contribution in [2.45, 2.75) is 20.8 Å². The van der Waals surface area contributed by atoms with Gasteiger partial charge in [0.15, 0.2) is 0 Å². The standard InChI is InChI=1S/C20H26N2/c1-9-11-12-18(6)22-19(7)13-16(4)17(5)14-20(21-8)15(3)10-2/h9-15H,1-2,4-5,8H2,3,6-7H3/b12-11-,19-13+,20-14+,22-18+. The smallest absolute Gasteiger partial charge is 0.0468 e. The normalized spacial score (nSPS) is 14.6. The van der Waals surface area contributed by atoms with Gasteiger partial charge in [-0.2, -0.15) is 0 Å². The summed E-state index contributed by atoms with van der Waals surface area (Å²) in [7, 11) is 0. The van der Waals surface area contributed by atoms with E-state index in [9.17, 15) is 0 Å². The molecule has 0 saturated carbocycles. The number of nitrogens with zero attached hydrogens (tertiary/aromatic N) is 2. The average Bonchev–Trinajstić information content (AvgIpc) is 2.49. The van der Waals surface area contributed by atoms with Crippen LogP contribution in [0.5, 0.6) is 0 Å². The Morgan fingerprint density at radius 1 is 1.05 bits per heavy atom. The first-order chi connectivity index (χ1) is 10.3. The van der Waals surface area contributed by atoms with Crippen LogP contribution in [0.15, 0.2) is 95.3 Å². The summed E-state index contributed by atoms with van der Waals surface area (Å²) >= 11 is 0. The summed E-state index contributed by atoms with van der Waals surface area (Å²) in [6.07, 6.45) is 11.0. The molecule has 22 heavy (non-hydrogen) atoms. The van der Waals surface area contributed by atoms with Crippen LogP contribution >= 0.6 is 0 Å². The van der Waals surface area contributed by atoms with Gasteiger partial charge >= 0.3 is 0 Å². The molecular formula is C20H26N2. The van der Waals surface area contributed by atoms with Crippen molar-refractivity contribution in [3.8, 4) is 0 Å². The van der Waals surface area contributed by atoms with E-state index in [0.717, 1.165) is 28.3 Å². The van der Waals surface area contributed by atoms with Gasteiger partial charge in [0.1, 0.15) is 0 Å². The van der Waals surface area contributed by atoms with Crippen molar-refractivity contribution < 1.29 is 0 Å². The van der Waals surface area contributed by atoms with Gasteiger partial charge in [-0.3, -0.25) is 9.98 Å². The third-order valence-corrected chi connectivity index (χ3v) is 2.95. The van der Waals surface area contributed by atoms with Gasteiger partial charge in [-0.25, -0.2) is 0 Å². The minimum absolute atomic E-state index is 0.122. The molecule has 0 aromatic heterocycles. The van der Waals surface area contributed by atoms with Gasteiger partial charge < -0.3 is 0 Å². The van der Waals surface area contributed by atoms with E-state index >= 15 is 0 Å². The topological polar surface area (TPSA) is 24.7 Å². The van der Waals surface area contributed by atoms with E-state index in [1.807, 2.05) is 51.2 Å². The summed E-state index contributed by atoms with van der Waals surface area (Å²) in [6.45, 7) is 24.9. The van der Waals surface area contributed by atoms with Gasteiger partial charge in [-0.1, -0.05) is 44.9 Å². The summed E-state index contributed by atoms with van der Waals surface area (Å²) in [5.74, 6) is 0.122. The second-order valence-electron chi connectivity index (χ2n) is 4.94. The first kappa shape index (κ1) is 19.5. The van der Waals surface area contributed by atoms with E-state index in [1.54, 1.807) is 6.08 Å². The Bertz CT molecular complexity index is 581. The van der Waals surface area contributed by atoms with Crippen LogP contribution in [0.3, 0.4) is 0 Å². The van der Waals surface area contributed by atoms with E-state index in [2.05, 4.69) is 43.0 Å². The van der Waals surface area contributed by atoms with Gasteiger partial charge in [-0.15, -0.1) is 6.58 Å². The highest BCUT2D eigenvalue weighted by Gasteiger charge is 2.04. The molecule has 0 radical (unpaired) electrons. The molecule has 0 aliphatic rings. The van der Waals surface area contributed by atoms with Crippen molar-refractivity contribution in [3.63, 3.8) is 0 Å². The van der Waals surface area contributed by atoms with Crippen LogP contribution in [-0.4, -0.2) is 12.4 Å². The summed E-state index contributed by atoms with van der Waals surface area (Å²) in [5.41, 5.74) is 4.15. The summed E-state index contributed by atoms with van der Waals surface area (Å²) in [5, 5.41) is 0. The van der Waals surface area contributed by atoms with Crippen molar-refractivity contribution in [2.24, 2.45) is 15.9 Å². The first-order valence-electron chi connectivity index (χ1n) is 7.07. The lowest BCUT2D eigenvalue weighted by molar-refractivity contribution is 0.851. The Labute approximate surface area is 135 Å². The number of hydrogen-bond acceptors (Lipinski definition) is 2. The van der Waals surface area contributed by atoms with E-state index in [0.29, 0.717) is 0 Å². The molecule has 0 aliphatic heterocycles. The molecule has 0 bridgehead atoms. The fourth-order valence-electron chi connectivity index (χ4n) is 1.61. The zero-order valence-electron chi connectivity index (χ0n) is 14.0. The highest BCUT2D eigenvalue weighted by Crippen LogP contribution is 2.19. The lowest BCUT2D eigenvalue weighted by Gasteiger charge is -2.08. The van der Waals surface area contributed by atoms with E-state index in [1.165, 1.54) is 0 Å². The van der Waals surface area contributed by atoms with Crippen LogP contribution in [0, 0.1) is 5.92 Å². The van der Waals surface area contributed by atoms with E-state index in [-0.39, 0.29) is 5.92 Å². The Morgan fingerprint density at radius 2 is 1.64 bits per heavy atom. The van der Waals surface area contributed by atoms with Crippen LogP contribution in [0.2, 0.25) is 0 Å². The largest absolute Gasteiger partial charge is 0.268 e. The number of rotatable bonds is 9. The maximum Gasteiger partial charge on any atom is 0.0468 e. The van der Waals surface area contributed by atoms with Gasteiger partial charge in [-0.05, 0) is 49.9 Å². The molecule has 116 valence electrons. The molecule has 0 aromatic rings. The van der Waals surface area contributed by atoms with Crippen LogP contribution in [-0.2, 0) is 0 Å². The molecule has 0 rings (SSSR count). The second kappa shape index (κ2) is 10.3. The van der Waals surface area contributed by atoms with Crippen molar-refractivity contribution in [2.75, 3.05) is 0 Å².